The summed E-state index contributed by atoms with van der Waals surface area (Å²) in [4.78, 5) is 18.5. The van der Waals surface area contributed by atoms with Crippen molar-refractivity contribution in [3.63, 3.8) is 0 Å². The minimum absolute atomic E-state index is 0.0105. The highest BCUT2D eigenvalue weighted by molar-refractivity contribution is 5.94. The SMILES string of the molecule is Cc1ccc(C(=O)N2C[C@@H](N)[C@H](c3ccccc3)C2)cn1. The van der Waals surface area contributed by atoms with Crippen LogP contribution in [0.1, 0.15) is 27.5 Å². The summed E-state index contributed by atoms with van der Waals surface area (Å²) in [6, 6.07) is 13.8. The van der Waals surface area contributed by atoms with Gasteiger partial charge in [-0.1, -0.05) is 30.3 Å². The van der Waals surface area contributed by atoms with Crippen molar-refractivity contribution in [1.82, 2.24) is 9.88 Å². The van der Waals surface area contributed by atoms with E-state index in [9.17, 15) is 4.79 Å². The molecule has 2 aromatic rings. The molecule has 0 bridgehead atoms. The quantitative estimate of drug-likeness (QED) is 0.915. The maximum absolute atomic E-state index is 12.5. The zero-order valence-corrected chi connectivity index (χ0v) is 12.1. The summed E-state index contributed by atoms with van der Waals surface area (Å²) in [5.41, 5.74) is 8.96. The van der Waals surface area contributed by atoms with Gasteiger partial charge in [0.1, 0.15) is 0 Å². The van der Waals surface area contributed by atoms with E-state index in [4.69, 9.17) is 5.73 Å². The lowest BCUT2D eigenvalue weighted by Gasteiger charge is -2.16. The Bertz CT molecular complexity index is 624. The van der Waals surface area contributed by atoms with Gasteiger partial charge in [-0.15, -0.1) is 0 Å². The summed E-state index contributed by atoms with van der Waals surface area (Å²) in [5.74, 6) is 0.213. The first-order chi connectivity index (χ1) is 10.1. The summed E-state index contributed by atoms with van der Waals surface area (Å²) in [7, 11) is 0. The second-order valence-corrected chi connectivity index (χ2v) is 5.58. The number of benzene rings is 1. The fourth-order valence-electron chi connectivity index (χ4n) is 2.82. The van der Waals surface area contributed by atoms with Crippen molar-refractivity contribution < 1.29 is 4.79 Å². The number of pyridine rings is 1. The third kappa shape index (κ3) is 2.81. The Kier molecular flexibility index (Phi) is 3.71. The topological polar surface area (TPSA) is 59.2 Å². The van der Waals surface area contributed by atoms with Crippen LogP contribution >= 0.6 is 0 Å². The molecule has 1 saturated heterocycles. The van der Waals surface area contributed by atoms with Gasteiger partial charge in [0, 0.05) is 36.9 Å². The number of hydrogen-bond donors (Lipinski definition) is 1. The molecule has 3 rings (SSSR count). The number of aryl methyl sites for hydroxylation is 1. The second kappa shape index (κ2) is 5.66. The lowest BCUT2D eigenvalue weighted by molar-refractivity contribution is 0.0788. The average molecular weight is 281 g/mol. The van der Waals surface area contributed by atoms with E-state index in [-0.39, 0.29) is 17.9 Å². The first kappa shape index (κ1) is 13.8. The Balaban J connectivity index is 1.76. The predicted octanol–water partition coefficient (Wildman–Crippen LogP) is 1.96. The Morgan fingerprint density at radius 3 is 2.62 bits per heavy atom. The molecule has 0 spiro atoms. The van der Waals surface area contributed by atoms with Crippen molar-refractivity contribution in [2.24, 2.45) is 5.73 Å². The number of carbonyl (C=O) groups excluding carboxylic acids is 1. The summed E-state index contributed by atoms with van der Waals surface area (Å²) in [6.07, 6.45) is 1.64. The highest BCUT2D eigenvalue weighted by Gasteiger charge is 2.34. The van der Waals surface area contributed by atoms with E-state index in [1.165, 1.54) is 5.56 Å². The number of likely N-dealkylation sites (tertiary alicyclic amines) is 1. The van der Waals surface area contributed by atoms with Gasteiger partial charge in [0.2, 0.25) is 0 Å². The molecule has 4 heteroatoms. The van der Waals surface area contributed by atoms with Crippen LogP contribution in [0.2, 0.25) is 0 Å². The second-order valence-electron chi connectivity index (χ2n) is 5.58. The highest BCUT2D eigenvalue weighted by atomic mass is 16.2. The first-order valence-electron chi connectivity index (χ1n) is 7.17. The fraction of sp³-hybridized carbons (Fsp3) is 0.294. The molecule has 1 aliphatic rings. The summed E-state index contributed by atoms with van der Waals surface area (Å²) in [6.45, 7) is 3.16. The van der Waals surface area contributed by atoms with E-state index in [1.54, 1.807) is 6.20 Å². The third-order valence-electron chi connectivity index (χ3n) is 4.04. The molecule has 1 aliphatic heterocycles. The summed E-state index contributed by atoms with van der Waals surface area (Å²) in [5, 5.41) is 0. The van der Waals surface area contributed by atoms with Crippen LogP contribution in [-0.2, 0) is 0 Å². The van der Waals surface area contributed by atoms with Crippen LogP contribution in [0.3, 0.4) is 0 Å². The largest absolute Gasteiger partial charge is 0.336 e. The summed E-state index contributed by atoms with van der Waals surface area (Å²) >= 11 is 0. The molecule has 0 aliphatic carbocycles. The molecule has 1 amide bonds. The molecule has 2 atom stereocenters. The average Bonchev–Trinajstić information content (AvgIpc) is 2.90. The number of rotatable bonds is 2. The molecule has 108 valence electrons. The number of nitrogens with two attached hydrogens (primary N) is 1. The number of aromatic nitrogens is 1. The van der Waals surface area contributed by atoms with Crippen LogP contribution in [0.25, 0.3) is 0 Å². The lowest BCUT2D eigenvalue weighted by Crippen LogP contribution is -2.32. The van der Waals surface area contributed by atoms with Crippen LogP contribution in [0, 0.1) is 6.92 Å². The van der Waals surface area contributed by atoms with E-state index in [1.807, 2.05) is 42.2 Å². The third-order valence-corrected chi connectivity index (χ3v) is 4.04. The van der Waals surface area contributed by atoms with Gasteiger partial charge in [0.15, 0.2) is 0 Å². The molecule has 0 saturated carbocycles. The zero-order chi connectivity index (χ0) is 14.8. The molecule has 21 heavy (non-hydrogen) atoms. The van der Waals surface area contributed by atoms with Crippen molar-refractivity contribution in [1.29, 1.82) is 0 Å². The van der Waals surface area contributed by atoms with Crippen molar-refractivity contribution in [2.75, 3.05) is 13.1 Å². The van der Waals surface area contributed by atoms with Gasteiger partial charge < -0.3 is 10.6 Å². The van der Waals surface area contributed by atoms with Crippen LogP contribution < -0.4 is 5.73 Å². The van der Waals surface area contributed by atoms with Crippen LogP contribution in [0.5, 0.6) is 0 Å². The van der Waals surface area contributed by atoms with Crippen LogP contribution in [0.15, 0.2) is 48.7 Å². The molecule has 0 radical (unpaired) electrons. The molecular weight excluding hydrogens is 262 g/mol. The number of hydrogen-bond acceptors (Lipinski definition) is 3. The Labute approximate surface area is 124 Å². The van der Waals surface area contributed by atoms with Crippen LogP contribution in [-0.4, -0.2) is 34.9 Å². The zero-order valence-electron chi connectivity index (χ0n) is 12.1. The molecule has 2 heterocycles. The Hall–Kier alpha value is -2.20. The van der Waals surface area contributed by atoms with Gasteiger partial charge in [-0.3, -0.25) is 9.78 Å². The molecule has 1 fully saturated rings. The highest BCUT2D eigenvalue weighted by Crippen LogP contribution is 2.27. The maximum Gasteiger partial charge on any atom is 0.255 e. The molecule has 4 nitrogen and oxygen atoms in total. The molecule has 1 aromatic heterocycles. The van der Waals surface area contributed by atoms with Crippen LogP contribution in [0.4, 0.5) is 0 Å². The number of nitrogens with zero attached hydrogens (tertiary/aromatic N) is 2. The molecular formula is C17H19N3O. The van der Waals surface area contributed by atoms with Gasteiger partial charge >= 0.3 is 0 Å². The van der Waals surface area contributed by atoms with Crippen molar-refractivity contribution in [2.45, 2.75) is 18.9 Å². The van der Waals surface area contributed by atoms with Gasteiger partial charge in [-0.25, -0.2) is 0 Å². The molecule has 2 N–H and O–H groups in total. The summed E-state index contributed by atoms with van der Waals surface area (Å²) < 4.78 is 0. The molecule has 0 unspecified atom stereocenters. The van der Waals surface area contributed by atoms with Gasteiger partial charge in [0.05, 0.1) is 5.56 Å². The minimum Gasteiger partial charge on any atom is -0.336 e. The maximum atomic E-state index is 12.5. The lowest BCUT2D eigenvalue weighted by atomic mass is 9.95. The smallest absolute Gasteiger partial charge is 0.255 e. The molecule has 1 aromatic carbocycles. The normalized spacial score (nSPS) is 21.5. The van der Waals surface area contributed by atoms with E-state index in [0.717, 1.165) is 5.69 Å². The van der Waals surface area contributed by atoms with Crippen molar-refractivity contribution in [3.05, 3.63) is 65.5 Å². The van der Waals surface area contributed by atoms with E-state index >= 15 is 0 Å². The van der Waals surface area contributed by atoms with Crippen molar-refractivity contribution >= 4 is 5.91 Å². The predicted molar refractivity (Wildman–Crippen MR) is 82.0 cm³/mol. The number of amides is 1. The Morgan fingerprint density at radius 2 is 1.95 bits per heavy atom. The van der Waals surface area contributed by atoms with Gasteiger partial charge in [-0.2, -0.15) is 0 Å². The van der Waals surface area contributed by atoms with E-state index in [0.29, 0.717) is 18.7 Å². The number of carbonyl (C=O) groups is 1. The van der Waals surface area contributed by atoms with E-state index < -0.39 is 0 Å². The fourth-order valence-corrected chi connectivity index (χ4v) is 2.82. The van der Waals surface area contributed by atoms with Crippen molar-refractivity contribution in [3.8, 4) is 0 Å². The standard InChI is InChI=1S/C17H19N3O/c1-12-7-8-14(9-19-12)17(21)20-10-15(16(18)11-20)13-5-3-2-4-6-13/h2-9,15-16H,10-11,18H2,1H3/t15-,16+/m0/s1. The van der Waals surface area contributed by atoms with Gasteiger partial charge in [-0.05, 0) is 24.6 Å². The van der Waals surface area contributed by atoms with Gasteiger partial charge in [0.25, 0.3) is 5.91 Å². The monoisotopic (exact) mass is 281 g/mol. The minimum atomic E-state index is -0.0187. The Morgan fingerprint density at radius 1 is 1.19 bits per heavy atom. The van der Waals surface area contributed by atoms with E-state index in [2.05, 4.69) is 17.1 Å². The first-order valence-corrected chi connectivity index (χ1v) is 7.17.